The van der Waals surface area contributed by atoms with E-state index in [2.05, 4.69) is 4.72 Å². The lowest BCUT2D eigenvalue weighted by Crippen LogP contribution is -2.28. The van der Waals surface area contributed by atoms with Gasteiger partial charge >= 0.3 is 0 Å². The van der Waals surface area contributed by atoms with Crippen molar-refractivity contribution in [3.63, 3.8) is 0 Å². The first-order valence-electron chi connectivity index (χ1n) is 6.13. The third kappa shape index (κ3) is 3.37. The second-order valence-corrected chi connectivity index (χ2v) is 6.23. The maximum absolute atomic E-state index is 13.6. The number of nitrogens with one attached hydrogen (secondary N) is 1. The van der Waals surface area contributed by atoms with Crippen LogP contribution in [0.3, 0.4) is 0 Å². The summed E-state index contributed by atoms with van der Waals surface area (Å²) < 4.78 is 53.6. The molecule has 0 fully saturated rings. The summed E-state index contributed by atoms with van der Waals surface area (Å²) >= 11 is 0. The molecule has 4 nitrogen and oxygen atoms in total. The standard InChI is InChI=1S/C14H14F2N2O2S/c1-9(11-4-2-3-5-12(11)16)18-21(19,20)14-8-10(15)6-7-13(14)17/h2-9,18H,17H2,1H3. The predicted octanol–water partition coefficient (Wildman–Crippen LogP) is 2.59. The zero-order valence-electron chi connectivity index (χ0n) is 11.2. The van der Waals surface area contributed by atoms with Crippen LogP contribution in [0.25, 0.3) is 0 Å². The quantitative estimate of drug-likeness (QED) is 0.852. The molecule has 112 valence electrons. The molecular formula is C14H14F2N2O2S. The van der Waals surface area contributed by atoms with Crippen LogP contribution in [0.2, 0.25) is 0 Å². The van der Waals surface area contributed by atoms with Gasteiger partial charge in [0.25, 0.3) is 0 Å². The van der Waals surface area contributed by atoms with Gasteiger partial charge in [0.05, 0.1) is 5.69 Å². The molecule has 21 heavy (non-hydrogen) atoms. The molecule has 0 aliphatic heterocycles. The summed E-state index contributed by atoms with van der Waals surface area (Å²) in [5.74, 6) is -1.25. The van der Waals surface area contributed by atoms with Crippen molar-refractivity contribution < 1.29 is 17.2 Å². The fourth-order valence-corrected chi connectivity index (χ4v) is 3.29. The van der Waals surface area contributed by atoms with Crippen molar-refractivity contribution >= 4 is 15.7 Å². The first kappa shape index (κ1) is 15.4. The Kier molecular flexibility index (Phi) is 4.24. The van der Waals surface area contributed by atoms with Gasteiger partial charge in [0, 0.05) is 11.6 Å². The SMILES string of the molecule is CC(NS(=O)(=O)c1cc(F)ccc1N)c1ccccc1F. The van der Waals surface area contributed by atoms with Gasteiger partial charge in [0.2, 0.25) is 10.0 Å². The topological polar surface area (TPSA) is 72.2 Å². The summed E-state index contributed by atoms with van der Waals surface area (Å²) in [4.78, 5) is -0.370. The third-order valence-electron chi connectivity index (χ3n) is 2.97. The fourth-order valence-electron chi connectivity index (χ4n) is 1.93. The number of hydrogen-bond acceptors (Lipinski definition) is 3. The van der Waals surface area contributed by atoms with Crippen molar-refractivity contribution in [2.75, 3.05) is 5.73 Å². The molecule has 2 aromatic carbocycles. The Morgan fingerprint density at radius 3 is 2.48 bits per heavy atom. The number of anilines is 1. The van der Waals surface area contributed by atoms with E-state index in [0.717, 1.165) is 18.2 Å². The van der Waals surface area contributed by atoms with Crippen LogP contribution >= 0.6 is 0 Å². The number of benzene rings is 2. The van der Waals surface area contributed by atoms with E-state index >= 15 is 0 Å². The Morgan fingerprint density at radius 2 is 1.81 bits per heavy atom. The highest BCUT2D eigenvalue weighted by Gasteiger charge is 2.22. The minimum absolute atomic E-state index is 0.0790. The van der Waals surface area contributed by atoms with Gasteiger partial charge in [-0.15, -0.1) is 0 Å². The molecule has 0 amide bonds. The van der Waals surface area contributed by atoms with E-state index in [1.165, 1.54) is 25.1 Å². The lowest BCUT2D eigenvalue weighted by atomic mass is 10.1. The zero-order valence-corrected chi connectivity index (χ0v) is 12.0. The van der Waals surface area contributed by atoms with Crippen molar-refractivity contribution in [3.8, 4) is 0 Å². The van der Waals surface area contributed by atoms with E-state index in [1.807, 2.05) is 0 Å². The van der Waals surface area contributed by atoms with Crippen LogP contribution in [-0.4, -0.2) is 8.42 Å². The fraction of sp³-hybridized carbons (Fsp3) is 0.143. The highest BCUT2D eigenvalue weighted by Crippen LogP contribution is 2.23. The lowest BCUT2D eigenvalue weighted by molar-refractivity contribution is 0.548. The van der Waals surface area contributed by atoms with Gasteiger partial charge in [-0.3, -0.25) is 0 Å². The molecule has 3 N–H and O–H groups in total. The second-order valence-electron chi connectivity index (χ2n) is 4.55. The number of halogens is 2. The molecule has 0 radical (unpaired) electrons. The highest BCUT2D eigenvalue weighted by molar-refractivity contribution is 7.89. The number of rotatable bonds is 4. The Bertz CT molecular complexity index is 763. The average molecular weight is 312 g/mol. The third-order valence-corrected chi connectivity index (χ3v) is 4.57. The van der Waals surface area contributed by atoms with Gasteiger partial charge in [-0.1, -0.05) is 18.2 Å². The molecule has 1 atom stereocenters. The van der Waals surface area contributed by atoms with Crippen molar-refractivity contribution in [2.24, 2.45) is 0 Å². The molecule has 2 rings (SSSR count). The van der Waals surface area contributed by atoms with Crippen LogP contribution in [0, 0.1) is 11.6 Å². The highest BCUT2D eigenvalue weighted by atomic mass is 32.2. The zero-order chi connectivity index (χ0) is 15.6. The van der Waals surface area contributed by atoms with E-state index in [4.69, 9.17) is 5.73 Å². The number of nitrogen functional groups attached to an aromatic ring is 1. The molecule has 0 saturated heterocycles. The predicted molar refractivity (Wildman–Crippen MR) is 75.9 cm³/mol. The van der Waals surface area contributed by atoms with E-state index in [0.29, 0.717) is 0 Å². The maximum atomic E-state index is 13.6. The number of hydrogen-bond donors (Lipinski definition) is 2. The van der Waals surface area contributed by atoms with Crippen molar-refractivity contribution in [3.05, 3.63) is 59.7 Å². The van der Waals surface area contributed by atoms with Gasteiger partial charge in [-0.05, 0) is 31.2 Å². The first-order valence-corrected chi connectivity index (χ1v) is 7.61. The molecular weight excluding hydrogens is 298 g/mol. The summed E-state index contributed by atoms with van der Waals surface area (Å²) in [6.07, 6.45) is 0. The Balaban J connectivity index is 2.34. The van der Waals surface area contributed by atoms with Crippen molar-refractivity contribution in [2.45, 2.75) is 17.9 Å². The molecule has 1 unspecified atom stereocenters. The monoisotopic (exact) mass is 312 g/mol. The van der Waals surface area contributed by atoms with E-state index in [-0.39, 0.29) is 16.1 Å². The molecule has 0 aromatic heterocycles. The minimum atomic E-state index is -4.06. The molecule has 0 spiro atoms. The van der Waals surface area contributed by atoms with Crippen LogP contribution in [0.1, 0.15) is 18.5 Å². The van der Waals surface area contributed by atoms with Crippen LogP contribution in [0.5, 0.6) is 0 Å². The van der Waals surface area contributed by atoms with Crippen LogP contribution in [0.4, 0.5) is 14.5 Å². The molecule has 2 aromatic rings. The van der Waals surface area contributed by atoms with Crippen LogP contribution < -0.4 is 10.5 Å². The summed E-state index contributed by atoms with van der Waals surface area (Å²) in [6, 6.07) is 8.04. The number of sulfonamides is 1. The smallest absolute Gasteiger partial charge is 0.243 e. The molecule has 0 aliphatic rings. The van der Waals surface area contributed by atoms with Crippen molar-refractivity contribution in [1.82, 2.24) is 4.72 Å². The lowest BCUT2D eigenvalue weighted by Gasteiger charge is -2.16. The molecule has 0 heterocycles. The van der Waals surface area contributed by atoms with E-state index < -0.39 is 27.7 Å². The minimum Gasteiger partial charge on any atom is -0.398 e. The van der Waals surface area contributed by atoms with Crippen molar-refractivity contribution in [1.29, 1.82) is 0 Å². The molecule has 0 bridgehead atoms. The molecule has 7 heteroatoms. The van der Waals surface area contributed by atoms with Gasteiger partial charge < -0.3 is 5.73 Å². The summed E-state index contributed by atoms with van der Waals surface area (Å²) in [5.41, 5.74) is 5.67. The summed E-state index contributed by atoms with van der Waals surface area (Å²) in [5, 5.41) is 0. The Morgan fingerprint density at radius 1 is 1.14 bits per heavy atom. The second kappa shape index (κ2) is 5.79. The Labute approximate surface area is 121 Å². The number of nitrogens with two attached hydrogens (primary N) is 1. The summed E-state index contributed by atoms with van der Waals surface area (Å²) in [6.45, 7) is 1.49. The molecule has 0 saturated carbocycles. The average Bonchev–Trinajstić information content (AvgIpc) is 2.41. The van der Waals surface area contributed by atoms with Crippen LogP contribution in [-0.2, 0) is 10.0 Å². The van der Waals surface area contributed by atoms with E-state index in [1.54, 1.807) is 6.07 Å². The molecule has 0 aliphatic carbocycles. The normalized spacial score (nSPS) is 13.1. The summed E-state index contributed by atoms with van der Waals surface area (Å²) in [7, 11) is -4.06. The Hall–Kier alpha value is -1.99. The van der Waals surface area contributed by atoms with Crippen LogP contribution in [0.15, 0.2) is 47.4 Å². The van der Waals surface area contributed by atoms with Gasteiger partial charge in [0.15, 0.2) is 0 Å². The van der Waals surface area contributed by atoms with Gasteiger partial charge in [-0.25, -0.2) is 21.9 Å². The van der Waals surface area contributed by atoms with E-state index in [9.17, 15) is 17.2 Å². The van der Waals surface area contributed by atoms with Gasteiger partial charge in [0.1, 0.15) is 16.5 Å². The first-order chi connectivity index (χ1) is 9.81. The largest absolute Gasteiger partial charge is 0.398 e. The maximum Gasteiger partial charge on any atom is 0.243 e. The van der Waals surface area contributed by atoms with Gasteiger partial charge in [-0.2, -0.15) is 0 Å².